The van der Waals surface area contributed by atoms with Crippen molar-refractivity contribution in [3.05, 3.63) is 69.0 Å². The van der Waals surface area contributed by atoms with E-state index in [1.165, 1.54) is 10.1 Å². The summed E-state index contributed by atoms with van der Waals surface area (Å²) in [6, 6.07) is 13.6. The van der Waals surface area contributed by atoms with Crippen LogP contribution in [0.15, 0.2) is 47.8 Å². The summed E-state index contributed by atoms with van der Waals surface area (Å²) in [5, 5.41) is 4.49. The van der Waals surface area contributed by atoms with Gasteiger partial charge in [0.2, 0.25) is 0 Å². The molecule has 2 aromatic carbocycles. The third kappa shape index (κ3) is 2.55. The predicted molar refractivity (Wildman–Crippen MR) is 87.5 cm³/mol. The van der Waals surface area contributed by atoms with Crippen LogP contribution in [-0.2, 0) is 0 Å². The summed E-state index contributed by atoms with van der Waals surface area (Å²) in [6.45, 7) is 0. The van der Waals surface area contributed by atoms with Gasteiger partial charge in [-0.15, -0.1) is 11.3 Å². The summed E-state index contributed by atoms with van der Waals surface area (Å²) in [7, 11) is 0. The minimum Gasteiger partial charge on any atom is -0.271 e. The summed E-state index contributed by atoms with van der Waals surface area (Å²) in [4.78, 5) is 0. The van der Waals surface area contributed by atoms with Crippen molar-refractivity contribution in [3.63, 3.8) is 0 Å². The number of benzene rings is 2. The van der Waals surface area contributed by atoms with Gasteiger partial charge in [-0.2, -0.15) is 0 Å². The molecule has 102 valence electrons. The number of thiophene rings is 1. The van der Waals surface area contributed by atoms with E-state index in [0.29, 0.717) is 10.0 Å². The first-order chi connectivity index (χ1) is 9.69. The van der Waals surface area contributed by atoms with Gasteiger partial charge < -0.3 is 0 Å². The van der Waals surface area contributed by atoms with Gasteiger partial charge >= 0.3 is 0 Å². The Morgan fingerprint density at radius 1 is 1.05 bits per heavy atom. The summed E-state index contributed by atoms with van der Waals surface area (Å²) < 4.78 is 1.21. The lowest BCUT2D eigenvalue weighted by Crippen LogP contribution is -2.28. The highest BCUT2D eigenvalue weighted by molar-refractivity contribution is 7.17. The first-order valence-corrected chi connectivity index (χ1v) is 7.71. The van der Waals surface area contributed by atoms with Crippen LogP contribution in [-0.4, -0.2) is 0 Å². The predicted octanol–water partition coefficient (Wildman–Crippen LogP) is 4.76. The average Bonchev–Trinajstić information content (AvgIpc) is 2.87. The molecular formula is C15H12Cl2N2S. The van der Waals surface area contributed by atoms with Crippen molar-refractivity contribution in [1.29, 1.82) is 0 Å². The number of halogens is 2. The Labute approximate surface area is 131 Å². The van der Waals surface area contributed by atoms with Crippen molar-refractivity contribution < 1.29 is 0 Å². The van der Waals surface area contributed by atoms with Gasteiger partial charge in [0.25, 0.3) is 0 Å². The highest BCUT2D eigenvalue weighted by Gasteiger charge is 2.16. The molecule has 3 aromatic rings. The fourth-order valence-corrected chi connectivity index (χ4v) is 3.84. The van der Waals surface area contributed by atoms with Crippen LogP contribution in [0.5, 0.6) is 0 Å². The topological polar surface area (TPSA) is 38.0 Å². The monoisotopic (exact) mass is 322 g/mol. The third-order valence-electron chi connectivity index (χ3n) is 3.21. The van der Waals surface area contributed by atoms with Gasteiger partial charge in [-0.25, -0.2) is 5.43 Å². The standard InChI is InChI=1S/C15H12Cl2N2S/c16-11-6-10(7-12(17)8-11)14(19-18)13-3-1-2-9-4-5-20-15(9)13/h1-8,14,19H,18H2. The van der Waals surface area contributed by atoms with E-state index in [1.807, 2.05) is 18.2 Å². The van der Waals surface area contributed by atoms with Crippen molar-refractivity contribution in [3.8, 4) is 0 Å². The van der Waals surface area contributed by atoms with E-state index in [2.05, 4.69) is 29.0 Å². The second-order valence-electron chi connectivity index (χ2n) is 4.49. The Morgan fingerprint density at radius 2 is 1.80 bits per heavy atom. The van der Waals surface area contributed by atoms with Crippen molar-refractivity contribution in [2.75, 3.05) is 0 Å². The molecular weight excluding hydrogens is 311 g/mol. The minimum atomic E-state index is -0.145. The van der Waals surface area contributed by atoms with Crippen LogP contribution in [0.3, 0.4) is 0 Å². The summed E-state index contributed by atoms with van der Waals surface area (Å²) in [5.74, 6) is 5.77. The van der Waals surface area contributed by atoms with Gasteiger partial charge in [-0.05, 0) is 46.2 Å². The van der Waals surface area contributed by atoms with Crippen molar-refractivity contribution >= 4 is 44.6 Å². The molecule has 5 heteroatoms. The fraction of sp³-hybridized carbons (Fsp3) is 0.0667. The highest BCUT2D eigenvalue weighted by Crippen LogP contribution is 2.33. The Morgan fingerprint density at radius 3 is 2.50 bits per heavy atom. The second-order valence-corrected chi connectivity index (χ2v) is 6.28. The van der Waals surface area contributed by atoms with E-state index in [9.17, 15) is 0 Å². The van der Waals surface area contributed by atoms with Gasteiger partial charge in [0.1, 0.15) is 0 Å². The van der Waals surface area contributed by atoms with E-state index in [-0.39, 0.29) is 6.04 Å². The molecule has 0 saturated heterocycles. The molecule has 0 aliphatic heterocycles. The van der Waals surface area contributed by atoms with Gasteiger partial charge in [-0.3, -0.25) is 5.84 Å². The molecule has 2 nitrogen and oxygen atoms in total. The SMILES string of the molecule is NNC(c1cc(Cl)cc(Cl)c1)c1cccc2ccsc12. The molecule has 1 unspecified atom stereocenters. The highest BCUT2D eigenvalue weighted by atomic mass is 35.5. The van der Waals surface area contributed by atoms with E-state index in [0.717, 1.165) is 11.1 Å². The molecule has 1 heterocycles. The number of rotatable bonds is 3. The van der Waals surface area contributed by atoms with Gasteiger partial charge in [0.05, 0.1) is 6.04 Å². The quantitative estimate of drug-likeness (QED) is 0.539. The number of hydrazine groups is 1. The zero-order valence-electron chi connectivity index (χ0n) is 10.4. The Hall–Kier alpha value is -1.10. The van der Waals surface area contributed by atoms with Crippen LogP contribution in [0, 0.1) is 0 Å². The number of fused-ring (bicyclic) bond motifs is 1. The van der Waals surface area contributed by atoms with Crippen molar-refractivity contribution in [2.45, 2.75) is 6.04 Å². The molecule has 3 rings (SSSR count). The van der Waals surface area contributed by atoms with Crippen LogP contribution in [0.25, 0.3) is 10.1 Å². The number of nitrogens with two attached hydrogens (primary N) is 1. The Kier molecular flexibility index (Phi) is 3.96. The number of hydrogen-bond donors (Lipinski definition) is 2. The van der Waals surface area contributed by atoms with Crippen LogP contribution >= 0.6 is 34.5 Å². The normalized spacial score (nSPS) is 12.8. The zero-order chi connectivity index (χ0) is 14.1. The molecule has 0 saturated carbocycles. The van der Waals surface area contributed by atoms with Crippen molar-refractivity contribution in [1.82, 2.24) is 5.43 Å². The molecule has 1 aromatic heterocycles. The molecule has 0 fully saturated rings. The van der Waals surface area contributed by atoms with Crippen LogP contribution in [0.4, 0.5) is 0 Å². The summed E-state index contributed by atoms with van der Waals surface area (Å²) in [5.41, 5.74) is 4.93. The lowest BCUT2D eigenvalue weighted by Gasteiger charge is -2.18. The third-order valence-corrected chi connectivity index (χ3v) is 4.62. The molecule has 1 atom stereocenters. The first kappa shape index (κ1) is 13.9. The first-order valence-electron chi connectivity index (χ1n) is 6.07. The lowest BCUT2D eigenvalue weighted by molar-refractivity contribution is 0.641. The average molecular weight is 323 g/mol. The van der Waals surface area contributed by atoms with Gasteiger partial charge in [0, 0.05) is 14.7 Å². The molecule has 0 aliphatic rings. The Balaban J connectivity index is 2.16. The number of nitrogens with one attached hydrogen (secondary N) is 1. The van der Waals surface area contributed by atoms with E-state index in [4.69, 9.17) is 29.0 Å². The molecule has 3 N–H and O–H groups in total. The maximum atomic E-state index is 6.09. The zero-order valence-corrected chi connectivity index (χ0v) is 12.8. The van der Waals surface area contributed by atoms with Crippen LogP contribution < -0.4 is 11.3 Å². The minimum absolute atomic E-state index is 0.145. The maximum Gasteiger partial charge on any atom is 0.0725 e. The molecule has 0 amide bonds. The molecule has 20 heavy (non-hydrogen) atoms. The summed E-state index contributed by atoms with van der Waals surface area (Å²) >= 11 is 13.9. The molecule has 0 radical (unpaired) electrons. The lowest BCUT2D eigenvalue weighted by atomic mass is 9.98. The Bertz CT molecular complexity index is 734. The largest absolute Gasteiger partial charge is 0.271 e. The van der Waals surface area contributed by atoms with E-state index >= 15 is 0 Å². The second kappa shape index (κ2) is 5.72. The van der Waals surface area contributed by atoms with Crippen LogP contribution in [0.2, 0.25) is 10.0 Å². The maximum absolute atomic E-state index is 6.09. The van der Waals surface area contributed by atoms with Crippen molar-refractivity contribution in [2.24, 2.45) is 5.84 Å². The molecule has 0 spiro atoms. The molecule has 0 bridgehead atoms. The van der Waals surface area contributed by atoms with Crippen LogP contribution in [0.1, 0.15) is 17.2 Å². The van der Waals surface area contributed by atoms with E-state index in [1.54, 1.807) is 17.4 Å². The number of hydrogen-bond acceptors (Lipinski definition) is 3. The van der Waals surface area contributed by atoms with Gasteiger partial charge in [0.15, 0.2) is 0 Å². The molecule has 0 aliphatic carbocycles. The van der Waals surface area contributed by atoms with Gasteiger partial charge in [-0.1, -0.05) is 41.4 Å². The summed E-state index contributed by atoms with van der Waals surface area (Å²) in [6.07, 6.45) is 0. The smallest absolute Gasteiger partial charge is 0.0725 e. The fourth-order valence-electron chi connectivity index (χ4n) is 2.35. The van der Waals surface area contributed by atoms with E-state index < -0.39 is 0 Å².